The third kappa shape index (κ3) is 4.03. The highest BCUT2D eigenvalue weighted by molar-refractivity contribution is 7.89. The zero-order chi connectivity index (χ0) is 20.8. The summed E-state index contributed by atoms with van der Waals surface area (Å²) in [6.45, 7) is 3.23. The Labute approximate surface area is 168 Å². The molecule has 0 saturated carbocycles. The van der Waals surface area contributed by atoms with E-state index in [4.69, 9.17) is 0 Å². The van der Waals surface area contributed by atoms with Crippen LogP contribution < -0.4 is 4.90 Å². The molecule has 3 aromatic rings. The Morgan fingerprint density at radius 1 is 1.21 bits per heavy atom. The van der Waals surface area contributed by atoms with Crippen molar-refractivity contribution in [3.05, 3.63) is 70.7 Å². The number of aromatic amines is 1. The lowest BCUT2D eigenvalue weighted by Gasteiger charge is -2.30. The van der Waals surface area contributed by atoms with Gasteiger partial charge in [0.05, 0.1) is 34.6 Å². The molecule has 0 amide bonds. The number of aromatic nitrogens is 2. The van der Waals surface area contributed by atoms with Crippen LogP contribution in [0.5, 0.6) is 0 Å². The molecule has 8 heteroatoms. The molecule has 1 aliphatic heterocycles. The summed E-state index contributed by atoms with van der Waals surface area (Å²) in [6, 6.07) is 7.43. The number of hydrogen-bond acceptors (Lipinski definition) is 4. The molecular formula is C21H21F2N3O2S. The molecule has 5 nitrogen and oxygen atoms in total. The lowest BCUT2D eigenvalue weighted by atomic mass is 10.1. The first-order valence-corrected chi connectivity index (χ1v) is 11.3. The fraction of sp³-hybridized carbons (Fsp3) is 0.286. The summed E-state index contributed by atoms with van der Waals surface area (Å²) < 4.78 is 51.2. The average molecular weight is 417 g/mol. The van der Waals surface area contributed by atoms with Crippen molar-refractivity contribution < 1.29 is 17.2 Å². The van der Waals surface area contributed by atoms with Crippen LogP contribution in [0.25, 0.3) is 11.3 Å². The summed E-state index contributed by atoms with van der Waals surface area (Å²) in [7, 11) is -3.14. The minimum Gasteiger partial charge on any atom is -0.365 e. The summed E-state index contributed by atoms with van der Waals surface area (Å²) in [6.07, 6.45) is 3.59. The molecule has 0 atom stereocenters. The maximum Gasteiger partial charge on any atom is 0.153 e. The molecule has 29 heavy (non-hydrogen) atoms. The van der Waals surface area contributed by atoms with Gasteiger partial charge in [-0.05, 0) is 42.3 Å². The van der Waals surface area contributed by atoms with Crippen molar-refractivity contribution in [2.24, 2.45) is 0 Å². The number of H-pyrrole nitrogens is 1. The van der Waals surface area contributed by atoms with E-state index in [0.717, 1.165) is 29.1 Å². The van der Waals surface area contributed by atoms with Crippen molar-refractivity contribution >= 4 is 15.5 Å². The highest BCUT2D eigenvalue weighted by Gasteiger charge is 2.23. The number of pyridine rings is 1. The number of halogens is 2. The lowest BCUT2D eigenvalue weighted by molar-refractivity contribution is 0.588. The van der Waals surface area contributed by atoms with E-state index in [-0.39, 0.29) is 11.3 Å². The predicted molar refractivity (Wildman–Crippen MR) is 108 cm³/mol. The van der Waals surface area contributed by atoms with Gasteiger partial charge in [-0.3, -0.25) is 4.98 Å². The second-order valence-electron chi connectivity index (χ2n) is 7.49. The van der Waals surface area contributed by atoms with Crippen LogP contribution in [0.15, 0.2) is 36.5 Å². The Kier molecular flexibility index (Phi) is 4.90. The van der Waals surface area contributed by atoms with Crippen molar-refractivity contribution in [1.82, 2.24) is 9.97 Å². The van der Waals surface area contributed by atoms with Crippen LogP contribution in [0, 0.1) is 18.6 Å². The van der Waals surface area contributed by atoms with Crippen LogP contribution in [0.3, 0.4) is 0 Å². The zero-order valence-electron chi connectivity index (χ0n) is 16.2. The second kappa shape index (κ2) is 7.26. The van der Waals surface area contributed by atoms with E-state index in [1.807, 2.05) is 6.92 Å². The minimum atomic E-state index is -3.14. The van der Waals surface area contributed by atoms with Crippen molar-refractivity contribution in [1.29, 1.82) is 0 Å². The molecule has 1 aliphatic rings. The van der Waals surface area contributed by atoms with Gasteiger partial charge < -0.3 is 9.88 Å². The molecule has 3 heterocycles. The number of benzene rings is 1. The van der Waals surface area contributed by atoms with E-state index in [1.165, 1.54) is 24.5 Å². The van der Waals surface area contributed by atoms with E-state index < -0.39 is 21.5 Å². The van der Waals surface area contributed by atoms with E-state index in [2.05, 4.69) is 14.9 Å². The Balaban J connectivity index is 1.60. The van der Waals surface area contributed by atoms with Crippen LogP contribution in [0.2, 0.25) is 0 Å². The first kappa shape index (κ1) is 19.6. The fourth-order valence-electron chi connectivity index (χ4n) is 3.82. The number of rotatable bonds is 4. The molecule has 0 fully saturated rings. The highest BCUT2D eigenvalue weighted by atomic mass is 32.2. The van der Waals surface area contributed by atoms with Crippen molar-refractivity contribution in [2.75, 3.05) is 17.7 Å². The van der Waals surface area contributed by atoms with Gasteiger partial charge in [-0.1, -0.05) is 6.07 Å². The molecular weight excluding hydrogens is 396 g/mol. The molecule has 0 radical (unpaired) electrons. The number of nitrogens with zero attached hydrogens (tertiary/aromatic N) is 2. The van der Waals surface area contributed by atoms with E-state index in [9.17, 15) is 17.2 Å². The van der Waals surface area contributed by atoms with Gasteiger partial charge in [0.25, 0.3) is 0 Å². The number of nitrogens with one attached hydrogen (secondary N) is 1. The molecule has 152 valence electrons. The van der Waals surface area contributed by atoms with Gasteiger partial charge in [0.1, 0.15) is 11.6 Å². The predicted octanol–water partition coefficient (Wildman–Crippen LogP) is 3.77. The molecule has 4 rings (SSSR count). The normalized spacial score (nSPS) is 14.1. The summed E-state index contributed by atoms with van der Waals surface area (Å²) in [4.78, 5) is 9.61. The number of anilines is 1. The van der Waals surface area contributed by atoms with Gasteiger partial charge >= 0.3 is 0 Å². The molecule has 2 aromatic heterocycles. The van der Waals surface area contributed by atoms with Crippen LogP contribution in [-0.2, 0) is 28.6 Å². The average Bonchev–Trinajstić information content (AvgIpc) is 3.03. The molecule has 0 unspecified atom stereocenters. The molecule has 1 aromatic carbocycles. The smallest absolute Gasteiger partial charge is 0.153 e. The third-order valence-electron chi connectivity index (χ3n) is 5.11. The monoisotopic (exact) mass is 417 g/mol. The largest absolute Gasteiger partial charge is 0.365 e. The van der Waals surface area contributed by atoms with Gasteiger partial charge in [-0.15, -0.1) is 0 Å². The summed E-state index contributed by atoms with van der Waals surface area (Å²) in [5.74, 6) is -1.28. The standard InChI is InChI=1S/C21H21F2N3O2S/c1-13-8-15(12-29(2,27)28)24-10-20(13)26-7-6-18-14(11-26)9-19(25-18)21-16(22)4-3-5-17(21)23/h3-5,8-10,25H,6-7,11-12H2,1-2H3. The second-order valence-corrected chi connectivity index (χ2v) is 9.63. The molecule has 0 bridgehead atoms. The summed E-state index contributed by atoms with van der Waals surface area (Å²) >= 11 is 0. The van der Waals surface area contributed by atoms with E-state index in [1.54, 1.807) is 18.3 Å². The van der Waals surface area contributed by atoms with Crippen LogP contribution in [-0.4, -0.2) is 31.2 Å². The Bertz CT molecular complexity index is 1170. The summed E-state index contributed by atoms with van der Waals surface area (Å²) in [5, 5.41) is 0. The molecule has 0 saturated heterocycles. The number of fused-ring (bicyclic) bond motifs is 1. The van der Waals surface area contributed by atoms with Crippen molar-refractivity contribution in [3.8, 4) is 11.3 Å². The number of hydrogen-bond donors (Lipinski definition) is 1. The molecule has 0 aliphatic carbocycles. The van der Waals surface area contributed by atoms with Crippen LogP contribution in [0.4, 0.5) is 14.5 Å². The van der Waals surface area contributed by atoms with Crippen LogP contribution in [0.1, 0.15) is 22.5 Å². The van der Waals surface area contributed by atoms with Crippen molar-refractivity contribution in [3.63, 3.8) is 0 Å². The van der Waals surface area contributed by atoms with Gasteiger partial charge in [0.15, 0.2) is 9.84 Å². The zero-order valence-corrected chi connectivity index (χ0v) is 17.0. The van der Waals surface area contributed by atoms with Crippen molar-refractivity contribution in [2.45, 2.75) is 25.6 Å². The van der Waals surface area contributed by atoms with Gasteiger partial charge in [0.2, 0.25) is 0 Å². The topological polar surface area (TPSA) is 66.1 Å². The Hall–Kier alpha value is -2.74. The lowest BCUT2D eigenvalue weighted by Crippen LogP contribution is -2.30. The van der Waals surface area contributed by atoms with E-state index >= 15 is 0 Å². The SMILES string of the molecule is Cc1cc(CS(C)(=O)=O)ncc1N1CCc2[nH]c(-c3c(F)cccc3F)cc2C1. The van der Waals surface area contributed by atoms with E-state index in [0.29, 0.717) is 24.4 Å². The Morgan fingerprint density at radius 3 is 2.59 bits per heavy atom. The molecule has 1 N–H and O–H groups in total. The maximum absolute atomic E-state index is 14.1. The summed E-state index contributed by atoms with van der Waals surface area (Å²) in [5.41, 5.74) is 4.73. The first-order chi connectivity index (χ1) is 13.7. The fourth-order valence-corrected chi connectivity index (χ4v) is 4.51. The van der Waals surface area contributed by atoms with Gasteiger partial charge in [-0.25, -0.2) is 17.2 Å². The Morgan fingerprint density at radius 2 is 1.93 bits per heavy atom. The third-order valence-corrected chi connectivity index (χ3v) is 5.93. The van der Waals surface area contributed by atoms with Gasteiger partial charge in [0, 0.05) is 31.5 Å². The number of aryl methyl sites for hydroxylation is 1. The van der Waals surface area contributed by atoms with Gasteiger partial charge in [-0.2, -0.15) is 0 Å². The quantitative estimate of drug-likeness (QED) is 0.702. The minimum absolute atomic E-state index is 0.0450. The number of sulfone groups is 1. The highest BCUT2D eigenvalue weighted by Crippen LogP contribution is 2.32. The maximum atomic E-state index is 14.1. The first-order valence-electron chi connectivity index (χ1n) is 9.24. The van der Waals surface area contributed by atoms with Crippen LogP contribution >= 0.6 is 0 Å². The molecule has 0 spiro atoms.